The third-order valence-electron chi connectivity index (χ3n) is 8.40. The van der Waals surface area contributed by atoms with Crippen molar-refractivity contribution >= 4 is 43.5 Å². The summed E-state index contributed by atoms with van der Waals surface area (Å²) in [7, 11) is 0. The van der Waals surface area contributed by atoms with Crippen molar-refractivity contribution in [2.45, 2.75) is 112 Å². The SMILES string of the molecule is CCCCOCOc1cccc2cc3c(OCOCCCC)[c]([Sn]([CH2]CCC)([CH2]CCC)[CH2]CCC)ccc3cc12. The Hall–Kier alpha value is -1.50. The number of rotatable bonds is 22. The zero-order valence-electron chi connectivity index (χ0n) is 26.7. The Bertz CT molecular complexity index is 1140. The summed E-state index contributed by atoms with van der Waals surface area (Å²) < 4.78 is 30.3. The molecule has 0 aliphatic rings. The maximum absolute atomic E-state index is 6.70. The van der Waals surface area contributed by atoms with E-state index in [4.69, 9.17) is 18.9 Å². The molecule has 0 heterocycles. The number of ether oxygens (including phenoxy) is 4. The van der Waals surface area contributed by atoms with Gasteiger partial charge in [-0.3, -0.25) is 0 Å². The second-order valence-electron chi connectivity index (χ2n) is 11.6. The van der Waals surface area contributed by atoms with Crippen molar-refractivity contribution in [2.75, 3.05) is 26.8 Å². The average Bonchev–Trinajstić information content (AvgIpc) is 3.00. The molecule has 0 N–H and O–H groups in total. The van der Waals surface area contributed by atoms with Gasteiger partial charge in [0.2, 0.25) is 0 Å². The Morgan fingerprint density at radius 2 is 1.10 bits per heavy atom. The molecule has 3 aromatic rings. The molecule has 4 nitrogen and oxygen atoms in total. The standard InChI is InChI=1S/C24H29O4.3C4H9.Sn/c1-3-5-13-25-17-27-23-11-7-9-19-16-22-20(15-21(19)23)10-8-12-24(22)28-18-26-14-6-4-2;3*1-3-4-2;/h7-11,15-16H,3-6,13-14,17-18H2,1-2H3;3*1,3-4H2,2H3;. The van der Waals surface area contributed by atoms with E-state index in [1.165, 1.54) is 68.0 Å². The third-order valence-corrected chi connectivity index (χ3v) is 24.0. The molecule has 0 saturated carbocycles. The molecule has 0 unspecified atom stereocenters. The number of hydrogen-bond donors (Lipinski definition) is 0. The summed E-state index contributed by atoms with van der Waals surface area (Å²) in [4.78, 5) is 0. The molecule has 0 aliphatic heterocycles. The summed E-state index contributed by atoms with van der Waals surface area (Å²) in [5.41, 5.74) is 0. The third kappa shape index (κ3) is 9.76. The maximum atomic E-state index is 6.70. The van der Waals surface area contributed by atoms with Gasteiger partial charge in [0.1, 0.15) is 0 Å². The van der Waals surface area contributed by atoms with E-state index in [0.717, 1.165) is 55.8 Å². The summed E-state index contributed by atoms with van der Waals surface area (Å²) in [6.07, 6.45) is 12.1. The van der Waals surface area contributed by atoms with Crippen LogP contribution in [0.25, 0.3) is 21.5 Å². The first kappa shape index (κ1) is 34.0. The molecular weight excluding hydrogens is 615 g/mol. The molecule has 5 heteroatoms. The van der Waals surface area contributed by atoms with E-state index in [1.807, 2.05) is 6.07 Å². The number of unbranched alkanes of at least 4 members (excludes halogenated alkanes) is 5. The van der Waals surface area contributed by atoms with Crippen molar-refractivity contribution in [1.29, 1.82) is 0 Å². The molecule has 0 saturated heterocycles. The molecule has 0 radical (unpaired) electrons. The van der Waals surface area contributed by atoms with Gasteiger partial charge in [0.15, 0.2) is 0 Å². The quantitative estimate of drug-likeness (QED) is 0.0461. The number of fused-ring (bicyclic) bond motifs is 2. The van der Waals surface area contributed by atoms with Crippen molar-refractivity contribution in [3.05, 3.63) is 42.5 Å². The predicted molar refractivity (Wildman–Crippen MR) is 179 cm³/mol. The van der Waals surface area contributed by atoms with Crippen molar-refractivity contribution in [3.63, 3.8) is 0 Å². The van der Waals surface area contributed by atoms with E-state index in [-0.39, 0.29) is 6.79 Å². The molecule has 0 aliphatic carbocycles. The summed E-state index contributed by atoms with van der Waals surface area (Å²) in [5, 5.41) is 4.72. The molecule has 0 amide bonds. The van der Waals surface area contributed by atoms with Crippen LogP contribution >= 0.6 is 0 Å². The number of hydrogen-bond acceptors (Lipinski definition) is 4. The minimum atomic E-state index is -2.78. The van der Waals surface area contributed by atoms with Crippen LogP contribution in [-0.4, -0.2) is 45.2 Å². The van der Waals surface area contributed by atoms with E-state index in [9.17, 15) is 0 Å². The zero-order chi connectivity index (χ0) is 29.3. The Labute approximate surface area is 254 Å². The van der Waals surface area contributed by atoms with Crippen molar-refractivity contribution in [3.8, 4) is 11.5 Å². The Morgan fingerprint density at radius 1 is 0.561 bits per heavy atom. The van der Waals surface area contributed by atoms with Gasteiger partial charge in [0.25, 0.3) is 0 Å². The molecule has 0 spiro atoms. The summed E-state index contributed by atoms with van der Waals surface area (Å²) in [6, 6.07) is 15.8. The minimum absolute atomic E-state index is 0.281. The molecule has 0 fully saturated rings. The van der Waals surface area contributed by atoms with E-state index >= 15 is 0 Å². The van der Waals surface area contributed by atoms with Crippen molar-refractivity contribution in [2.24, 2.45) is 0 Å². The van der Waals surface area contributed by atoms with E-state index in [0.29, 0.717) is 6.79 Å². The van der Waals surface area contributed by atoms with Gasteiger partial charge in [-0.1, -0.05) is 13.3 Å². The van der Waals surface area contributed by atoms with Gasteiger partial charge in [-0.05, 0) is 0 Å². The van der Waals surface area contributed by atoms with Crippen LogP contribution in [0.15, 0.2) is 42.5 Å². The topological polar surface area (TPSA) is 36.9 Å². The van der Waals surface area contributed by atoms with Gasteiger partial charge in [-0.25, -0.2) is 0 Å². The second-order valence-corrected chi connectivity index (χ2v) is 24.8. The van der Waals surface area contributed by atoms with Crippen molar-refractivity contribution < 1.29 is 18.9 Å². The summed E-state index contributed by atoms with van der Waals surface area (Å²) >= 11 is -2.78. The van der Waals surface area contributed by atoms with Gasteiger partial charge < -0.3 is 0 Å². The number of benzene rings is 3. The second kappa shape index (κ2) is 18.9. The average molecular weight is 672 g/mol. The van der Waals surface area contributed by atoms with Crippen LogP contribution in [-0.2, 0) is 9.47 Å². The van der Waals surface area contributed by atoms with Gasteiger partial charge in [0, 0.05) is 0 Å². The summed E-state index contributed by atoms with van der Waals surface area (Å²) in [5.74, 6) is 1.98. The zero-order valence-corrected chi connectivity index (χ0v) is 29.5. The molecule has 0 bridgehead atoms. The van der Waals surface area contributed by atoms with Gasteiger partial charge in [-0.2, -0.15) is 0 Å². The fourth-order valence-corrected chi connectivity index (χ4v) is 22.4. The molecule has 0 atom stereocenters. The first-order chi connectivity index (χ1) is 20.1. The predicted octanol–water partition coefficient (Wildman–Crippen LogP) is 10.4. The van der Waals surface area contributed by atoms with E-state index in [1.54, 1.807) is 3.58 Å². The molecule has 0 aromatic heterocycles. The van der Waals surface area contributed by atoms with Crippen LogP contribution in [0.4, 0.5) is 0 Å². The first-order valence-electron chi connectivity index (χ1n) is 16.5. The van der Waals surface area contributed by atoms with Crippen LogP contribution in [0.2, 0.25) is 13.3 Å². The van der Waals surface area contributed by atoms with Gasteiger partial charge >= 0.3 is 242 Å². The molecular formula is C36H56O4Sn. The van der Waals surface area contributed by atoms with E-state index in [2.05, 4.69) is 71.0 Å². The fourth-order valence-electron chi connectivity index (χ4n) is 5.88. The Kier molecular flexibility index (Phi) is 15.7. The van der Waals surface area contributed by atoms with Crippen LogP contribution < -0.4 is 13.1 Å². The molecule has 41 heavy (non-hydrogen) atoms. The first-order valence-corrected chi connectivity index (χ1v) is 24.0. The molecule has 3 rings (SSSR count). The fraction of sp³-hybridized carbons (Fsp3) is 0.611. The van der Waals surface area contributed by atoms with Crippen LogP contribution in [0, 0.1) is 0 Å². The Balaban J connectivity index is 2.11. The molecule has 3 aromatic carbocycles. The summed E-state index contributed by atoms with van der Waals surface area (Å²) in [6.45, 7) is 13.5. The van der Waals surface area contributed by atoms with E-state index < -0.39 is 18.4 Å². The molecule has 228 valence electrons. The monoisotopic (exact) mass is 672 g/mol. The normalized spacial score (nSPS) is 11.9. The van der Waals surface area contributed by atoms with Crippen LogP contribution in [0.5, 0.6) is 11.5 Å². The van der Waals surface area contributed by atoms with Gasteiger partial charge in [0.05, 0.1) is 0 Å². The van der Waals surface area contributed by atoms with Crippen molar-refractivity contribution in [1.82, 2.24) is 0 Å². The van der Waals surface area contributed by atoms with Crippen LogP contribution in [0.3, 0.4) is 0 Å². The van der Waals surface area contributed by atoms with Crippen LogP contribution in [0.1, 0.15) is 98.8 Å². The Morgan fingerprint density at radius 3 is 1.68 bits per heavy atom. The van der Waals surface area contributed by atoms with Gasteiger partial charge in [-0.15, -0.1) is 0 Å².